The zero-order valence-corrected chi connectivity index (χ0v) is 10.9. The van der Waals surface area contributed by atoms with Crippen LogP contribution in [-0.4, -0.2) is 9.97 Å². The van der Waals surface area contributed by atoms with Gasteiger partial charge in [0, 0.05) is 17.0 Å². The highest BCUT2D eigenvalue weighted by molar-refractivity contribution is 7.98. The van der Waals surface area contributed by atoms with Crippen LogP contribution in [0.25, 0.3) is 11.1 Å². The lowest BCUT2D eigenvalue weighted by Crippen LogP contribution is -1.84. The molecule has 18 heavy (non-hydrogen) atoms. The van der Waals surface area contributed by atoms with Gasteiger partial charge >= 0.3 is 0 Å². The first-order valence-corrected chi connectivity index (χ1v) is 6.76. The van der Waals surface area contributed by atoms with Crippen molar-refractivity contribution < 1.29 is 4.42 Å². The van der Waals surface area contributed by atoms with Crippen LogP contribution in [0.3, 0.4) is 0 Å². The van der Waals surface area contributed by atoms with Crippen molar-refractivity contribution >= 4 is 34.5 Å². The molecule has 90 valence electrons. The van der Waals surface area contributed by atoms with Crippen molar-refractivity contribution in [2.75, 3.05) is 0 Å². The molecular weight excluding hydrogens is 268 g/mol. The largest absolute Gasteiger partial charge is 0.431 e. The number of rotatable bonds is 3. The first kappa shape index (κ1) is 11.6. The summed E-state index contributed by atoms with van der Waals surface area (Å²) < 4.78 is 5.61. The summed E-state index contributed by atoms with van der Waals surface area (Å²) in [5.41, 5.74) is 2.54. The van der Waals surface area contributed by atoms with Gasteiger partial charge in [0.2, 0.25) is 0 Å². The lowest BCUT2D eigenvalue weighted by molar-refractivity contribution is 0.489. The maximum Gasteiger partial charge on any atom is 0.257 e. The van der Waals surface area contributed by atoms with Crippen molar-refractivity contribution in [2.45, 2.75) is 11.0 Å². The number of halogens is 1. The van der Waals surface area contributed by atoms with E-state index in [1.807, 2.05) is 24.3 Å². The minimum Gasteiger partial charge on any atom is -0.431 e. The summed E-state index contributed by atoms with van der Waals surface area (Å²) in [7, 11) is 0. The number of nitrogens with zero attached hydrogens (tertiary/aromatic N) is 2. The summed E-state index contributed by atoms with van der Waals surface area (Å²) >= 11 is 7.42. The van der Waals surface area contributed by atoms with Crippen molar-refractivity contribution in [3.05, 3.63) is 53.3 Å². The van der Waals surface area contributed by atoms with Crippen LogP contribution in [0.2, 0.25) is 5.02 Å². The van der Waals surface area contributed by atoms with Gasteiger partial charge in [-0.25, -0.2) is 4.98 Å². The summed E-state index contributed by atoms with van der Waals surface area (Å²) in [6.45, 7) is 0. The van der Waals surface area contributed by atoms with Crippen LogP contribution in [0.15, 0.2) is 52.2 Å². The van der Waals surface area contributed by atoms with E-state index < -0.39 is 0 Å². The number of hydrogen-bond donors (Lipinski definition) is 0. The van der Waals surface area contributed by atoms with E-state index in [0.29, 0.717) is 10.2 Å². The molecule has 0 aliphatic carbocycles. The van der Waals surface area contributed by atoms with Crippen molar-refractivity contribution in [1.29, 1.82) is 0 Å². The van der Waals surface area contributed by atoms with E-state index in [-0.39, 0.29) is 0 Å². The quantitative estimate of drug-likeness (QED) is 0.673. The predicted octanol–water partition coefficient (Wildman–Crippen LogP) is 4.17. The van der Waals surface area contributed by atoms with Crippen molar-refractivity contribution in [2.24, 2.45) is 0 Å². The van der Waals surface area contributed by atoms with Crippen molar-refractivity contribution in [1.82, 2.24) is 9.97 Å². The topological polar surface area (TPSA) is 38.9 Å². The van der Waals surface area contributed by atoms with Gasteiger partial charge in [-0.15, -0.1) is 0 Å². The van der Waals surface area contributed by atoms with E-state index in [1.165, 1.54) is 11.8 Å². The Hall–Kier alpha value is -1.52. The van der Waals surface area contributed by atoms with Crippen LogP contribution in [0.4, 0.5) is 0 Å². The van der Waals surface area contributed by atoms with Crippen molar-refractivity contribution in [3.63, 3.8) is 0 Å². The molecule has 0 radical (unpaired) electrons. The maximum atomic E-state index is 5.90. The molecule has 3 nitrogen and oxygen atoms in total. The monoisotopic (exact) mass is 276 g/mol. The molecule has 0 fully saturated rings. The Balaban J connectivity index is 1.79. The van der Waals surface area contributed by atoms with Crippen LogP contribution in [0, 0.1) is 0 Å². The van der Waals surface area contributed by atoms with E-state index >= 15 is 0 Å². The van der Waals surface area contributed by atoms with Crippen LogP contribution >= 0.6 is 23.4 Å². The molecule has 0 saturated heterocycles. The summed E-state index contributed by atoms with van der Waals surface area (Å²) in [5, 5.41) is 1.30. The first-order valence-electron chi connectivity index (χ1n) is 5.40. The lowest BCUT2D eigenvalue weighted by Gasteiger charge is -1.95. The molecule has 0 unspecified atom stereocenters. The highest BCUT2D eigenvalue weighted by Gasteiger charge is 2.07. The number of hydrogen-bond acceptors (Lipinski definition) is 4. The van der Waals surface area contributed by atoms with Crippen molar-refractivity contribution in [3.8, 4) is 0 Å². The SMILES string of the molecule is Clc1ccc2oc(SCc3ccccn3)nc2c1. The number of aromatic nitrogens is 2. The molecule has 2 heterocycles. The third-order valence-corrected chi connectivity index (χ3v) is 3.50. The smallest absolute Gasteiger partial charge is 0.257 e. The average Bonchev–Trinajstić information content (AvgIpc) is 2.79. The van der Waals surface area contributed by atoms with Gasteiger partial charge in [0.25, 0.3) is 5.22 Å². The molecule has 0 aliphatic heterocycles. The Bertz CT molecular complexity index is 669. The Morgan fingerprint density at radius 3 is 3.00 bits per heavy atom. The molecule has 0 bridgehead atoms. The second kappa shape index (κ2) is 5.00. The molecule has 3 aromatic rings. The molecule has 0 saturated carbocycles. The normalized spacial score (nSPS) is 10.9. The van der Waals surface area contributed by atoms with Gasteiger partial charge in [0.15, 0.2) is 5.58 Å². The number of benzene rings is 1. The molecule has 5 heteroatoms. The highest BCUT2D eigenvalue weighted by atomic mass is 35.5. The van der Waals surface area contributed by atoms with Gasteiger partial charge in [-0.3, -0.25) is 4.98 Å². The number of oxazole rings is 1. The fourth-order valence-corrected chi connectivity index (χ4v) is 2.48. The molecule has 2 aromatic heterocycles. The van der Waals surface area contributed by atoms with E-state index in [0.717, 1.165) is 22.5 Å². The Morgan fingerprint density at radius 1 is 1.22 bits per heavy atom. The molecule has 3 rings (SSSR count). The fourth-order valence-electron chi connectivity index (χ4n) is 1.56. The summed E-state index contributed by atoms with van der Waals surface area (Å²) in [6.07, 6.45) is 1.78. The number of pyridine rings is 1. The third kappa shape index (κ3) is 2.49. The summed E-state index contributed by atoms with van der Waals surface area (Å²) in [4.78, 5) is 8.62. The van der Waals surface area contributed by atoms with Crippen LogP contribution < -0.4 is 0 Å². The maximum absolute atomic E-state index is 5.90. The zero-order chi connectivity index (χ0) is 12.4. The van der Waals surface area contributed by atoms with Crippen LogP contribution in [-0.2, 0) is 5.75 Å². The number of fused-ring (bicyclic) bond motifs is 1. The van der Waals surface area contributed by atoms with Gasteiger partial charge in [-0.1, -0.05) is 29.4 Å². The third-order valence-electron chi connectivity index (χ3n) is 2.40. The van der Waals surface area contributed by atoms with E-state index in [4.69, 9.17) is 16.0 Å². The Kier molecular flexibility index (Phi) is 3.21. The van der Waals surface area contributed by atoms with Gasteiger partial charge < -0.3 is 4.42 Å². The highest BCUT2D eigenvalue weighted by Crippen LogP contribution is 2.27. The molecule has 1 aromatic carbocycles. The predicted molar refractivity (Wildman–Crippen MR) is 72.8 cm³/mol. The Morgan fingerprint density at radius 2 is 2.17 bits per heavy atom. The van der Waals surface area contributed by atoms with Gasteiger partial charge in [0.05, 0.1) is 5.69 Å². The van der Waals surface area contributed by atoms with Gasteiger partial charge in [-0.05, 0) is 30.3 Å². The van der Waals surface area contributed by atoms with E-state index in [1.54, 1.807) is 18.3 Å². The summed E-state index contributed by atoms with van der Waals surface area (Å²) in [5.74, 6) is 0.737. The van der Waals surface area contributed by atoms with Crippen LogP contribution in [0.5, 0.6) is 0 Å². The number of thioether (sulfide) groups is 1. The van der Waals surface area contributed by atoms with E-state index in [2.05, 4.69) is 9.97 Å². The second-order valence-corrected chi connectivity index (χ2v) is 5.06. The van der Waals surface area contributed by atoms with Gasteiger partial charge in [0.1, 0.15) is 5.52 Å². The Labute approximate surface area is 113 Å². The molecule has 0 atom stereocenters. The van der Waals surface area contributed by atoms with E-state index in [9.17, 15) is 0 Å². The molecule has 0 aliphatic rings. The zero-order valence-electron chi connectivity index (χ0n) is 9.34. The summed E-state index contributed by atoms with van der Waals surface area (Å²) in [6, 6.07) is 11.3. The van der Waals surface area contributed by atoms with Crippen LogP contribution in [0.1, 0.15) is 5.69 Å². The minimum absolute atomic E-state index is 0.637. The average molecular weight is 277 g/mol. The second-order valence-electron chi connectivity index (χ2n) is 3.70. The lowest BCUT2D eigenvalue weighted by atomic mass is 10.3. The molecule has 0 N–H and O–H groups in total. The fraction of sp³-hybridized carbons (Fsp3) is 0.0769. The molecular formula is C13H9ClN2OS. The molecule has 0 amide bonds. The minimum atomic E-state index is 0.637. The first-order chi connectivity index (χ1) is 8.81. The standard InChI is InChI=1S/C13H9ClN2OS/c14-9-4-5-12-11(7-9)16-13(17-12)18-8-10-3-1-2-6-15-10/h1-7H,8H2. The molecule has 0 spiro atoms. The van der Waals surface area contributed by atoms with Gasteiger partial charge in [-0.2, -0.15) is 0 Å².